The summed E-state index contributed by atoms with van der Waals surface area (Å²) in [6.45, 7) is 9.31. The summed E-state index contributed by atoms with van der Waals surface area (Å²) in [6.07, 6.45) is 5.61. The van der Waals surface area contributed by atoms with Crippen molar-refractivity contribution in [2.45, 2.75) is 27.7 Å². The van der Waals surface area contributed by atoms with Crippen LogP contribution in [0.2, 0.25) is 0 Å². The molecule has 4 aromatic rings. The van der Waals surface area contributed by atoms with E-state index in [4.69, 9.17) is 9.72 Å². The van der Waals surface area contributed by atoms with Crippen molar-refractivity contribution in [3.8, 4) is 16.9 Å². The molecule has 0 radical (unpaired) electrons. The maximum atomic E-state index is 5.62. The number of pyridine rings is 1. The molecular formula is C24H29N7O. The van der Waals surface area contributed by atoms with Crippen molar-refractivity contribution in [3.63, 3.8) is 0 Å². The van der Waals surface area contributed by atoms with Crippen LogP contribution in [0.25, 0.3) is 22.0 Å². The van der Waals surface area contributed by atoms with Crippen molar-refractivity contribution in [3.05, 3.63) is 48.5 Å². The highest BCUT2D eigenvalue weighted by molar-refractivity contribution is 5.89. The lowest BCUT2D eigenvalue weighted by Gasteiger charge is -2.20. The summed E-state index contributed by atoms with van der Waals surface area (Å²) in [5, 5.41) is 11.9. The standard InChI is InChI=1S/C24H29N7O/c1-15-9-17-11-25-23(30-21(17)22(28-15)26-14-24(2,3)4)29-19-8-7-16(10-20(19)32-6)18-12-27-31(5)13-18/h7-13H,14H2,1-6H3,(H,26,28)(H,25,29,30). The molecule has 0 aliphatic carbocycles. The minimum Gasteiger partial charge on any atom is -0.495 e. The summed E-state index contributed by atoms with van der Waals surface area (Å²) in [4.78, 5) is 13.9. The first kappa shape index (κ1) is 21.5. The summed E-state index contributed by atoms with van der Waals surface area (Å²) in [5.41, 5.74) is 4.65. The summed E-state index contributed by atoms with van der Waals surface area (Å²) >= 11 is 0. The van der Waals surface area contributed by atoms with E-state index in [0.29, 0.717) is 11.7 Å². The van der Waals surface area contributed by atoms with Gasteiger partial charge in [0.2, 0.25) is 5.95 Å². The Labute approximate surface area is 188 Å². The molecule has 32 heavy (non-hydrogen) atoms. The lowest BCUT2D eigenvalue weighted by molar-refractivity contribution is 0.417. The number of hydrogen-bond donors (Lipinski definition) is 2. The Morgan fingerprint density at radius 3 is 2.56 bits per heavy atom. The highest BCUT2D eigenvalue weighted by atomic mass is 16.5. The molecule has 4 rings (SSSR count). The van der Waals surface area contributed by atoms with Crippen LogP contribution in [-0.2, 0) is 7.05 Å². The van der Waals surface area contributed by atoms with Gasteiger partial charge in [-0.15, -0.1) is 0 Å². The van der Waals surface area contributed by atoms with Crippen LogP contribution in [0.1, 0.15) is 26.5 Å². The van der Waals surface area contributed by atoms with Crippen LogP contribution >= 0.6 is 0 Å². The number of benzene rings is 1. The molecule has 0 atom stereocenters. The monoisotopic (exact) mass is 431 g/mol. The first-order valence-electron chi connectivity index (χ1n) is 10.5. The van der Waals surface area contributed by atoms with Crippen molar-refractivity contribution in [2.75, 3.05) is 24.3 Å². The number of hydrogen-bond acceptors (Lipinski definition) is 7. The highest BCUT2D eigenvalue weighted by Gasteiger charge is 2.14. The van der Waals surface area contributed by atoms with Crippen LogP contribution in [0.3, 0.4) is 0 Å². The zero-order valence-corrected chi connectivity index (χ0v) is 19.4. The maximum absolute atomic E-state index is 5.62. The summed E-state index contributed by atoms with van der Waals surface area (Å²) in [5.74, 6) is 1.94. The molecular weight excluding hydrogens is 402 g/mol. The number of nitrogens with one attached hydrogen (secondary N) is 2. The van der Waals surface area contributed by atoms with Crippen LogP contribution in [0.5, 0.6) is 5.75 Å². The van der Waals surface area contributed by atoms with E-state index in [1.807, 2.05) is 56.8 Å². The van der Waals surface area contributed by atoms with Gasteiger partial charge in [-0.3, -0.25) is 4.68 Å². The molecule has 3 aromatic heterocycles. The molecule has 8 heteroatoms. The SMILES string of the molecule is COc1cc(-c2cnn(C)c2)ccc1Nc1ncc2cc(C)nc(NCC(C)(C)C)c2n1. The third kappa shape index (κ3) is 4.80. The average molecular weight is 432 g/mol. The second-order valence-electron chi connectivity index (χ2n) is 9.10. The van der Waals surface area contributed by atoms with Crippen LogP contribution < -0.4 is 15.4 Å². The van der Waals surface area contributed by atoms with Gasteiger partial charge in [0.05, 0.1) is 19.0 Å². The Morgan fingerprint density at radius 1 is 1.06 bits per heavy atom. The maximum Gasteiger partial charge on any atom is 0.227 e. The normalized spacial score (nSPS) is 11.6. The number of fused-ring (bicyclic) bond motifs is 1. The Balaban J connectivity index is 1.66. The van der Waals surface area contributed by atoms with Crippen LogP contribution in [-0.4, -0.2) is 38.4 Å². The van der Waals surface area contributed by atoms with Gasteiger partial charge < -0.3 is 15.4 Å². The fraction of sp³-hybridized carbons (Fsp3) is 0.333. The van der Waals surface area contributed by atoms with E-state index in [2.05, 4.69) is 46.5 Å². The molecule has 0 aliphatic heterocycles. The molecule has 166 valence electrons. The average Bonchev–Trinajstić information content (AvgIpc) is 3.18. The lowest BCUT2D eigenvalue weighted by Crippen LogP contribution is -2.20. The Bertz CT molecular complexity index is 1260. The first-order valence-corrected chi connectivity index (χ1v) is 10.5. The van der Waals surface area contributed by atoms with E-state index in [0.717, 1.165) is 45.8 Å². The largest absolute Gasteiger partial charge is 0.495 e. The number of anilines is 3. The molecule has 0 spiro atoms. The van der Waals surface area contributed by atoms with Crippen molar-refractivity contribution in [1.29, 1.82) is 0 Å². The third-order valence-electron chi connectivity index (χ3n) is 4.97. The Hall–Kier alpha value is -3.68. The van der Waals surface area contributed by atoms with E-state index in [9.17, 15) is 0 Å². The predicted molar refractivity (Wildman–Crippen MR) is 128 cm³/mol. The molecule has 0 saturated carbocycles. The van der Waals surface area contributed by atoms with Crippen molar-refractivity contribution in [2.24, 2.45) is 12.5 Å². The number of aromatic nitrogens is 5. The van der Waals surface area contributed by atoms with Crippen molar-refractivity contribution >= 4 is 28.4 Å². The van der Waals surface area contributed by atoms with Gasteiger partial charge in [-0.1, -0.05) is 26.8 Å². The third-order valence-corrected chi connectivity index (χ3v) is 4.97. The van der Waals surface area contributed by atoms with Gasteiger partial charge >= 0.3 is 0 Å². The van der Waals surface area contributed by atoms with E-state index in [1.165, 1.54) is 0 Å². The second kappa shape index (κ2) is 8.45. The minimum absolute atomic E-state index is 0.120. The number of aryl methyl sites for hydroxylation is 2. The smallest absolute Gasteiger partial charge is 0.227 e. The molecule has 3 heterocycles. The van der Waals surface area contributed by atoms with E-state index >= 15 is 0 Å². The number of nitrogens with zero attached hydrogens (tertiary/aromatic N) is 5. The van der Waals surface area contributed by atoms with E-state index in [-0.39, 0.29) is 5.41 Å². The van der Waals surface area contributed by atoms with Gasteiger partial charge in [-0.2, -0.15) is 5.10 Å². The van der Waals surface area contributed by atoms with Crippen molar-refractivity contribution in [1.82, 2.24) is 24.7 Å². The highest BCUT2D eigenvalue weighted by Crippen LogP contribution is 2.32. The first-order chi connectivity index (χ1) is 15.2. The van der Waals surface area contributed by atoms with Gasteiger partial charge in [-0.05, 0) is 36.1 Å². The van der Waals surface area contributed by atoms with Gasteiger partial charge in [0.25, 0.3) is 0 Å². The quantitative estimate of drug-likeness (QED) is 0.447. The topological polar surface area (TPSA) is 89.8 Å². The molecule has 2 N–H and O–H groups in total. The van der Waals surface area contributed by atoms with Crippen LogP contribution in [0.15, 0.2) is 42.9 Å². The van der Waals surface area contributed by atoms with Crippen LogP contribution in [0, 0.1) is 12.3 Å². The zero-order chi connectivity index (χ0) is 22.9. The molecule has 0 fully saturated rings. The molecule has 1 aromatic carbocycles. The predicted octanol–water partition coefficient (Wildman–Crippen LogP) is 4.94. The lowest BCUT2D eigenvalue weighted by atomic mass is 9.97. The Kier molecular flexibility index (Phi) is 5.69. The Morgan fingerprint density at radius 2 is 1.88 bits per heavy atom. The van der Waals surface area contributed by atoms with Crippen molar-refractivity contribution < 1.29 is 4.74 Å². The zero-order valence-electron chi connectivity index (χ0n) is 19.4. The fourth-order valence-electron chi connectivity index (χ4n) is 3.37. The number of methoxy groups -OCH3 is 1. The van der Waals surface area contributed by atoms with E-state index < -0.39 is 0 Å². The summed E-state index contributed by atoms with van der Waals surface area (Å²) < 4.78 is 7.40. The second-order valence-corrected chi connectivity index (χ2v) is 9.10. The summed E-state index contributed by atoms with van der Waals surface area (Å²) in [7, 11) is 3.55. The van der Waals surface area contributed by atoms with Crippen LogP contribution in [0.4, 0.5) is 17.5 Å². The number of ether oxygens (including phenoxy) is 1. The number of rotatable bonds is 6. The van der Waals surface area contributed by atoms with Gasteiger partial charge in [0.15, 0.2) is 5.82 Å². The van der Waals surface area contributed by atoms with Gasteiger partial charge in [-0.25, -0.2) is 15.0 Å². The molecule has 0 bridgehead atoms. The van der Waals surface area contributed by atoms with Gasteiger partial charge in [0, 0.05) is 42.6 Å². The molecule has 0 amide bonds. The van der Waals surface area contributed by atoms with E-state index in [1.54, 1.807) is 11.8 Å². The van der Waals surface area contributed by atoms with Gasteiger partial charge in [0.1, 0.15) is 11.3 Å². The minimum atomic E-state index is 0.120. The fourth-order valence-corrected chi connectivity index (χ4v) is 3.37. The summed E-state index contributed by atoms with van der Waals surface area (Å²) in [6, 6.07) is 7.94. The molecule has 8 nitrogen and oxygen atoms in total. The molecule has 0 unspecified atom stereocenters. The molecule has 0 saturated heterocycles. The molecule has 0 aliphatic rings.